The molecule has 0 spiro atoms. The van der Waals surface area contributed by atoms with Crippen molar-refractivity contribution in [2.75, 3.05) is 34.4 Å². The Morgan fingerprint density at radius 1 is 1.11 bits per heavy atom. The van der Waals surface area contributed by atoms with Gasteiger partial charge in [0.2, 0.25) is 5.75 Å². The lowest BCUT2D eigenvalue weighted by atomic mass is 10.2. The van der Waals surface area contributed by atoms with Crippen molar-refractivity contribution in [3.05, 3.63) is 33.8 Å². The topological polar surface area (TPSA) is 77.0 Å². The molecule has 0 saturated heterocycles. The van der Waals surface area contributed by atoms with Crippen LogP contribution in [-0.4, -0.2) is 45.4 Å². The lowest BCUT2D eigenvalue weighted by Crippen LogP contribution is -2.38. The molecule has 0 bridgehead atoms. The molecule has 2 aromatic rings. The average Bonchev–Trinajstić information content (AvgIpc) is 3.10. The lowest BCUT2D eigenvalue weighted by molar-refractivity contribution is 0.324. The van der Waals surface area contributed by atoms with E-state index in [-0.39, 0.29) is 24.0 Å². The highest BCUT2D eigenvalue weighted by atomic mass is 127. The zero-order valence-corrected chi connectivity index (χ0v) is 20.1. The predicted octanol–water partition coefficient (Wildman–Crippen LogP) is 3.39. The SMILES string of the molecule is CCNC(=NCc1cc(OC)c(OC)c(OC)c1)NCCc1csc(C)n1.I. The number of hydrogen-bond donors (Lipinski definition) is 2. The van der Waals surface area contributed by atoms with Gasteiger partial charge in [0, 0.05) is 24.9 Å². The van der Waals surface area contributed by atoms with Crippen molar-refractivity contribution < 1.29 is 14.2 Å². The van der Waals surface area contributed by atoms with Crippen molar-refractivity contribution in [1.82, 2.24) is 15.6 Å². The van der Waals surface area contributed by atoms with Crippen LogP contribution in [0.3, 0.4) is 0 Å². The molecule has 156 valence electrons. The fraction of sp³-hybridized carbons (Fsp3) is 0.474. The third-order valence-electron chi connectivity index (χ3n) is 3.83. The Kier molecular flexibility index (Phi) is 11.0. The normalized spacial score (nSPS) is 10.8. The number of rotatable bonds is 9. The summed E-state index contributed by atoms with van der Waals surface area (Å²) >= 11 is 1.67. The predicted molar refractivity (Wildman–Crippen MR) is 125 cm³/mol. The van der Waals surface area contributed by atoms with Crippen LogP contribution in [0.2, 0.25) is 0 Å². The molecule has 2 rings (SSSR count). The minimum Gasteiger partial charge on any atom is -0.493 e. The van der Waals surface area contributed by atoms with Gasteiger partial charge in [-0.1, -0.05) is 0 Å². The van der Waals surface area contributed by atoms with Crippen molar-refractivity contribution >= 4 is 41.3 Å². The van der Waals surface area contributed by atoms with Crippen LogP contribution in [0.1, 0.15) is 23.2 Å². The van der Waals surface area contributed by atoms with E-state index in [0.29, 0.717) is 23.8 Å². The van der Waals surface area contributed by atoms with E-state index in [1.54, 1.807) is 32.7 Å². The molecule has 0 saturated carbocycles. The first kappa shape index (κ1) is 24.3. The van der Waals surface area contributed by atoms with Gasteiger partial charge >= 0.3 is 0 Å². The van der Waals surface area contributed by atoms with Gasteiger partial charge in [-0.2, -0.15) is 0 Å². The third kappa shape index (κ3) is 7.01. The Hall–Kier alpha value is -1.75. The molecular weight excluding hydrogens is 491 g/mol. The third-order valence-corrected chi connectivity index (χ3v) is 4.65. The summed E-state index contributed by atoms with van der Waals surface area (Å²) in [6, 6.07) is 3.82. The molecule has 0 unspecified atom stereocenters. The maximum atomic E-state index is 5.40. The van der Waals surface area contributed by atoms with Crippen molar-refractivity contribution in [2.45, 2.75) is 26.8 Å². The number of ether oxygens (including phenoxy) is 3. The Bertz CT molecular complexity index is 742. The molecule has 0 aliphatic heterocycles. The number of methoxy groups -OCH3 is 3. The number of thiazole rings is 1. The Balaban J connectivity index is 0.00000392. The minimum atomic E-state index is 0. The first-order chi connectivity index (χ1) is 13.1. The second kappa shape index (κ2) is 12.7. The number of guanidine groups is 1. The number of nitrogens with one attached hydrogen (secondary N) is 2. The van der Waals surface area contributed by atoms with Crippen LogP contribution in [0.4, 0.5) is 0 Å². The molecule has 28 heavy (non-hydrogen) atoms. The van der Waals surface area contributed by atoms with Crippen molar-refractivity contribution in [3.8, 4) is 17.2 Å². The summed E-state index contributed by atoms with van der Waals surface area (Å²) in [5.41, 5.74) is 2.07. The zero-order chi connectivity index (χ0) is 19.6. The monoisotopic (exact) mass is 520 g/mol. The summed E-state index contributed by atoms with van der Waals surface area (Å²) in [4.78, 5) is 9.13. The lowest BCUT2D eigenvalue weighted by Gasteiger charge is -2.14. The molecule has 1 heterocycles. The van der Waals surface area contributed by atoms with Crippen LogP contribution in [0.25, 0.3) is 0 Å². The van der Waals surface area contributed by atoms with E-state index in [1.165, 1.54) is 0 Å². The summed E-state index contributed by atoms with van der Waals surface area (Å²) in [6.45, 7) is 6.11. The van der Waals surface area contributed by atoms with Crippen LogP contribution < -0.4 is 24.8 Å². The molecule has 0 aliphatic carbocycles. The van der Waals surface area contributed by atoms with Gasteiger partial charge in [0.1, 0.15) is 0 Å². The molecular formula is C19H29IN4O3S. The highest BCUT2D eigenvalue weighted by Crippen LogP contribution is 2.38. The standard InChI is InChI=1S/C19H28N4O3S.HI/c1-6-20-19(21-8-7-15-12-27-13(2)23-15)22-11-14-9-16(24-3)18(26-5)17(10-14)25-4;/h9-10,12H,6-8,11H2,1-5H3,(H2,20,21,22);1H. The first-order valence-electron chi connectivity index (χ1n) is 8.83. The zero-order valence-electron chi connectivity index (χ0n) is 17.0. The van der Waals surface area contributed by atoms with Crippen LogP contribution in [0.15, 0.2) is 22.5 Å². The van der Waals surface area contributed by atoms with Gasteiger partial charge in [0.25, 0.3) is 0 Å². The molecule has 0 fully saturated rings. The molecule has 7 nitrogen and oxygen atoms in total. The number of benzene rings is 1. The van der Waals surface area contributed by atoms with E-state index >= 15 is 0 Å². The van der Waals surface area contributed by atoms with E-state index in [2.05, 4.69) is 26.0 Å². The van der Waals surface area contributed by atoms with Crippen LogP contribution in [-0.2, 0) is 13.0 Å². The summed E-state index contributed by atoms with van der Waals surface area (Å²) in [7, 11) is 4.81. The summed E-state index contributed by atoms with van der Waals surface area (Å²) < 4.78 is 16.2. The molecule has 1 aromatic heterocycles. The summed E-state index contributed by atoms with van der Waals surface area (Å²) in [5.74, 6) is 2.59. The van der Waals surface area contributed by atoms with Gasteiger partial charge in [-0.15, -0.1) is 35.3 Å². The molecule has 9 heteroatoms. The Morgan fingerprint density at radius 3 is 2.29 bits per heavy atom. The van der Waals surface area contributed by atoms with Crippen molar-refractivity contribution in [2.24, 2.45) is 4.99 Å². The largest absolute Gasteiger partial charge is 0.493 e. The smallest absolute Gasteiger partial charge is 0.203 e. The van der Waals surface area contributed by atoms with Gasteiger partial charge in [0.05, 0.1) is 38.6 Å². The number of aryl methyl sites for hydroxylation is 1. The number of hydrogen-bond acceptors (Lipinski definition) is 6. The van der Waals surface area contributed by atoms with Gasteiger partial charge in [0.15, 0.2) is 17.5 Å². The van der Waals surface area contributed by atoms with Crippen LogP contribution in [0.5, 0.6) is 17.2 Å². The van der Waals surface area contributed by atoms with E-state index in [4.69, 9.17) is 14.2 Å². The average molecular weight is 520 g/mol. The minimum absolute atomic E-state index is 0. The fourth-order valence-corrected chi connectivity index (χ4v) is 3.22. The van der Waals surface area contributed by atoms with E-state index in [0.717, 1.165) is 41.7 Å². The second-order valence-corrected chi connectivity index (χ2v) is 6.83. The molecule has 0 aliphatic rings. The molecule has 2 N–H and O–H groups in total. The number of halogens is 1. The van der Waals surface area contributed by atoms with E-state index in [1.807, 2.05) is 26.0 Å². The number of aliphatic imine (C=N–C) groups is 1. The Labute approximate surface area is 187 Å². The van der Waals surface area contributed by atoms with Gasteiger partial charge in [-0.05, 0) is 31.5 Å². The molecule has 0 amide bonds. The van der Waals surface area contributed by atoms with Crippen LogP contribution >= 0.6 is 35.3 Å². The fourth-order valence-electron chi connectivity index (χ4n) is 2.57. The molecule has 0 atom stereocenters. The number of aromatic nitrogens is 1. The van der Waals surface area contributed by atoms with Gasteiger partial charge in [-0.3, -0.25) is 0 Å². The van der Waals surface area contributed by atoms with E-state index in [9.17, 15) is 0 Å². The van der Waals surface area contributed by atoms with Gasteiger partial charge in [-0.25, -0.2) is 9.98 Å². The summed E-state index contributed by atoms with van der Waals surface area (Å²) in [5, 5.41) is 9.79. The van der Waals surface area contributed by atoms with Crippen molar-refractivity contribution in [3.63, 3.8) is 0 Å². The highest BCUT2D eigenvalue weighted by molar-refractivity contribution is 14.0. The van der Waals surface area contributed by atoms with Gasteiger partial charge < -0.3 is 24.8 Å². The van der Waals surface area contributed by atoms with Crippen molar-refractivity contribution in [1.29, 1.82) is 0 Å². The maximum Gasteiger partial charge on any atom is 0.203 e. The maximum absolute atomic E-state index is 5.40. The highest BCUT2D eigenvalue weighted by Gasteiger charge is 2.13. The summed E-state index contributed by atoms with van der Waals surface area (Å²) in [6.07, 6.45) is 0.860. The Morgan fingerprint density at radius 2 is 1.79 bits per heavy atom. The molecule has 0 radical (unpaired) electrons. The molecule has 1 aromatic carbocycles. The number of nitrogens with zero attached hydrogens (tertiary/aromatic N) is 2. The quantitative estimate of drug-likeness (QED) is 0.300. The van der Waals surface area contributed by atoms with E-state index < -0.39 is 0 Å². The second-order valence-electron chi connectivity index (χ2n) is 5.76. The first-order valence-corrected chi connectivity index (χ1v) is 9.71. The van der Waals surface area contributed by atoms with Crippen LogP contribution in [0, 0.1) is 6.92 Å².